The molecule has 0 radical (unpaired) electrons. The molecular formula is C17H31N3O2. The maximum atomic E-state index is 8.81. The number of hydrogen-bond donors (Lipinski definition) is 2. The molecule has 5 heteroatoms. The number of benzene rings is 1. The summed E-state index contributed by atoms with van der Waals surface area (Å²) in [5.74, 6) is 0.964. The second-order valence-corrected chi connectivity index (χ2v) is 4.04. The zero-order valence-electron chi connectivity index (χ0n) is 14.3. The van der Waals surface area contributed by atoms with Gasteiger partial charge in [-0.05, 0) is 24.6 Å². The summed E-state index contributed by atoms with van der Waals surface area (Å²) < 4.78 is 5.51. The van der Waals surface area contributed by atoms with Gasteiger partial charge in [0.2, 0.25) is 0 Å². The monoisotopic (exact) mass is 309 g/mol. The van der Waals surface area contributed by atoms with E-state index in [1.165, 1.54) is 6.92 Å². The minimum atomic E-state index is 0.583. The molecule has 126 valence electrons. The highest BCUT2D eigenvalue weighted by Gasteiger charge is 2.14. The highest BCUT2D eigenvalue weighted by Crippen LogP contribution is 2.31. The van der Waals surface area contributed by atoms with Crippen molar-refractivity contribution in [2.45, 2.75) is 27.3 Å². The lowest BCUT2D eigenvalue weighted by Crippen LogP contribution is -2.28. The third-order valence-electron chi connectivity index (χ3n) is 2.52. The van der Waals surface area contributed by atoms with E-state index >= 15 is 0 Å². The highest BCUT2D eigenvalue weighted by atomic mass is 16.5. The first kappa shape index (κ1) is 22.4. The Morgan fingerprint density at radius 2 is 1.91 bits per heavy atom. The average molecular weight is 309 g/mol. The maximum absolute atomic E-state index is 8.81. The quantitative estimate of drug-likeness (QED) is 0.647. The fourth-order valence-corrected chi connectivity index (χ4v) is 1.52. The van der Waals surface area contributed by atoms with Gasteiger partial charge in [0.15, 0.2) is 0 Å². The smallest absolute Gasteiger partial charge is 0.142 e. The van der Waals surface area contributed by atoms with Crippen LogP contribution in [0, 0.1) is 0 Å². The van der Waals surface area contributed by atoms with E-state index in [0.717, 1.165) is 36.4 Å². The first-order valence-electron chi connectivity index (χ1n) is 7.52. The van der Waals surface area contributed by atoms with Gasteiger partial charge in [0, 0.05) is 20.1 Å². The number of aldehydes is 1. The molecule has 1 aromatic rings. The Hall–Kier alpha value is -1.85. The van der Waals surface area contributed by atoms with Gasteiger partial charge in [-0.3, -0.25) is 0 Å². The van der Waals surface area contributed by atoms with Gasteiger partial charge in [0.05, 0.1) is 12.2 Å². The van der Waals surface area contributed by atoms with Crippen LogP contribution in [0.4, 0.5) is 5.69 Å². The number of hydrogen-bond acceptors (Lipinski definition) is 5. The van der Waals surface area contributed by atoms with Crippen molar-refractivity contribution in [3.63, 3.8) is 0 Å². The number of fused-ring (bicyclic) bond motifs is 1. The molecule has 0 saturated carbocycles. The molecule has 1 aliphatic rings. The predicted molar refractivity (Wildman–Crippen MR) is 95.4 cm³/mol. The minimum Gasteiger partial charge on any atom is -0.490 e. The topological polar surface area (TPSA) is 81.6 Å². The van der Waals surface area contributed by atoms with Gasteiger partial charge >= 0.3 is 0 Å². The largest absolute Gasteiger partial charge is 0.490 e. The summed E-state index contributed by atoms with van der Waals surface area (Å²) in [6, 6.07) is 6.10. The van der Waals surface area contributed by atoms with Gasteiger partial charge in [0.25, 0.3) is 0 Å². The van der Waals surface area contributed by atoms with Crippen LogP contribution in [0.25, 0.3) is 0 Å². The number of nitrogens with two attached hydrogens (primary N) is 2. The predicted octanol–water partition coefficient (Wildman–Crippen LogP) is 2.34. The maximum Gasteiger partial charge on any atom is 0.142 e. The molecule has 0 spiro atoms. The summed E-state index contributed by atoms with van der Waals surface area (Å²) in [4.78, 5) is 11.0. The molecule has 1 heterocycles. The van der Waals surface area contributed by atoms with Crippen molar-refractivity contribution in [2.24, 2.45) is 11.5 Å². The summed E-state index contributed by atoms with van der Waals surface area (Å²) in [7, 11) is 2.07. The normalized spacial score (nSPS) is 10.9. The number of nitrogens with zero attached hydrogens (tertiary/aromatic N) is 1. The number of carbonyl (C=O) groups is 1. The van der Waals surface area contributed by atoms with Crippen molar-refractivity contribution in [1.29, 1.82) is 0 Å². The molecule has 0 unspecified atom stereocenters. The minimum absolute atomic E-state index is 0.583. The summed E-state index contributed by atoms with van der Waals surface area (Å²) in [5, 5.41) is 0. The summed E-state index contributed by atoms with van der Waals surface area (Å²) in [6.45, 7) is 11.7. The van der Waals surface area contributed by atoms with Gasteiger partial charge in [-0.15, -0.1) is 6.58 Å². The molecule has 0 aromatic heterocycles. The Morgan fingerprint density at radius 1 is 1.36 bits per heavy atom. The van der Waals surface area contributed by atoms with Crippen molar-refractivity contribution >= 4 is 12.0 Å². The van der Waals surface area contributed by atoms with Crippen LogP contribution in [-0.4, -0.2) is 33.0 Å². The summed E-state index contributed by atoms with van der Waals surface area (Å²) in [5.41, 5.74) is 12.8. The molecule has 0 fully saturated rings. The fraction of sp³-hybridized carbons (Fsp3) is 0.471. The average Bonchev–Trinajstić information content (AvgIpc) is 2.58. The molecule has 22 heavy (non-hydrogen) atoms. The Balaban J connectivity index is 0. The van der Waals surface area contributed by atoms with Gasteiger partial charge in [-0.2, -0.15) is 0 Å². The Kier molecular flexibility index (Phi) is 15.8. The van der Waals surface area contributed by atoms with Crippen LogP contribution in [0.1, 0.15) is 26.3 Å². The van der Waals surface area contributed by atoms with E-state index in [9.17, 15) is 0 Å². The van der Waals surface area contributed by atoms with Gasteiger partial charge in [-0.1, -0.05) is 26.0 Å². The Labute approximate surface area is 134 Å². The zero-order valence-corrected chi connectivity index (χ0v) is 14.3. The first-order valence-corrected chi connectivity index (χ1v) is 7.52. The van der Waals surface area contributed by atoms with E-state index in [1.54, 1.807) is 6.08 Å². The zero-order chi connectivity index (χ0) is 17.4. The van der Waals surface area contributed by atoms with E-state index in [4.69, 9.17) is 21.0 Å². The lowest BCUT2D eigenvalue weighted by molar-refractivity contribution is -0.106. The van der Waals surface area contributed by atoms with E-state index in [1.807, 2.05) is 26.0 Å². The van der Waals surface area contributed by atoms with Crippen LogP contribution in [0.15, 0.2) is 30.9 Å². The van der Waals surface area contributed by atoms with Crippen LogP contribution in [0.2, 0.25) is 0 Å². The SMILES string of the molecule is C=CCN.CC.CC=O.CN1CCOc2ccc(CN)cc21. The number of ether oxygens (including phenoxy) is 1. The van der Waals surface area contributed by atoms with Crippen molar-refractivity contribution in [1.82, 2.24) is 0 Å². The standard InChI is InChI=1S/C10H14N2O.C3H7N.C2H4O.C2H6/c1-12-4-5-13-10-3-2-8(7-11)6-9(10)12;1-2-3-4;1-2-3;1-2/h2-3,6H,4-5,7,11H2,1H3;2H,1,3-4H2;2H,1H3;1-2H3. The van der Waals surface area contributed by atoms with E-state index in [0.29, 0.717) is 13.1 Å². The molecular weight excluding hydrogens is 278 g/mol. The van der Waals surface area contributed by atoms with Gasteiger partial charge in [-0.25, -0.2) is 0 Å². The molecule has 1 aromatic carbocycles. The Bertz CT molecular complexity index is 409. The van der Waals surface area contributed by atoms with Crippen molar-refractivity contribution in [3.8, 4) is 5.75 Å². The van der Waals surface area contributed by atoms with Crippen LogP contribution in [0.3, 0.4) is 0 Å². The lowest BCUT2D eigenvalue weighted by Gasteiger charge is -2.27. The molecule has 1 aliphatic heterocycles. The fourth-order valence-electron chi connectivity index (χ4n) is 1.52. The van der Waals surface area contributed by atoms with Crippen LogP contribution in [0.5, 0.6) is 5.75 Å². The van der Waals surface area contributed by atoms with Crippen molar-refractivity contribution in [2.75, 3.05) is 31.6 Å². The summed E-state index contributed by atoms with van der Waals surface area (Å²) in [6.07, 6.45) is 2.40. The highest BCUT2D eigenvalue weighted by molar-refractivity contribution is 5.60. The number of rotatable bonds is 2. The van der Waals surface area contributed by atoms with Crippen molar-refractivity contribution in [3.05, 3.63) is 36.4 Å². The summed E-state index contributed by atoms with van der Waals surface area (Å²) >= 11 is 0. The number of carbonyl (C=O) groups excluding carboxylic acids is 1. The van der Waals surface area contributed by atoms with Gasteiger partial charge < -0.3 is 25.9 Å². The molecule has 0 aliphatic carbocycles. The number of anilines is 1. The van der Waals surface area contributed by atoms with Crippen molar-refractivity contribution < 1.29 is 9.53 Å². The Morgan fingerprint density at radius 3 is 2.36 bits per heavy atom. The molecule has 0 saturated heterocycles. The first-order chi connectivity index (χ1) is 10.6. The van der Waals surface area contributed by atoms with Gasteiger partial charge in [0.1, 0.15) is 18.6 Å². The molecule has 0 amide bonds. The molecule has 2 rings (SSSR count). The third kappa shape index (κ3) is 9.15. The molecule has 0 bridgehead atoms. The lowest BCUT2D eigenvalue weighted by atomic mass is 10.1. The van der Waals surface area contributed by atoms with Crippen LogP contribution < -0.4 is 21.1 Å². The van der Waals surface area contributed by atoms with E-state index in [2.05, 4.69) is 24.6 Å². The van der Waals surface area contributed by atoms with E-state index in [-0.39, 0.29) is 0 Å². The molecule has 0 atom stereocenters. The van der Waals surface area contributed by atoms with E-state index < -0.39 is 0 Å². The second kappa shape index (κ2) is 15.5. The molecule has 5 nitrogen and oxygen atoms in total. The van der Waals surface area contributed by atoms with Crippen LogP contribution in [-0.2, 0) is 11.3 Å². The number of likely N-dealkylation sites (N-methyl/N-ethyl adjacent to an activating group) is 1. The molecule has 4 N–H and O–H groups in total. The van der Waals surface area contributed by atoms with Crippen LogP contribution >= 0.6 is 0 Å². The second-order valence-electron chi connectivity index (χ2n) is 4.04. The third-order valence-corrected chi connectivity index (χ3v) is 2.52.